The van der Waals surface area contributed by atoms with E-state index >= 15 is 0 Å². The number of hydrogen-bond acceptors (Lipinski definition) is 4. The average molecular weight is 261 g/mol. The predicted molar refractivity (Wildman–Crippen MR) is 77.1 cm³/mol. The van der Waals surface area contributed by atoms with Gasteiger partial charge in [0.05, 0.1) is 6.04 Å². The summed E-state index contributed by atoms with van der Waals surface area (Å²) in [6.45, 7) is 6.24. The monoisotopic (exact) mass is 261 g/mol. The maximum absolute atomic E-state index is 4.46. The van der Waals surface area contributed by atoms with Gasteiger partial charge in [0.1, 0.15) is 11.6 Å². The number of anilines is 1. The van der Waals surface area contributed by atoms with Crippen LogP contribution in [-0.4, -0.2) is 9.97 Å². The Hall–Kier alpha value is -1.42. The number of aryl methyl sites for hydroxylation is 2. The van der Waals surface area contributed by atoms with Crippen LogP contribution in [0, 0.1) is 6.92 Å². The molecule has 18 heavy (non-hydrogen) atoms. The van der Waals surface area contributed by atoms with Crippen LogP contribution in [0.25, 0.3) is 0 Å². The summed E-state index contributed by atoms with van der Waals surface area (Å²) in [5.74, 6) is 1.76. The van der Waals surface area contributed by atoms with Crippen molar-refractivity contribution in [2.75, 3.05) is 5.32 Å². The van der Waals surface area contributed by atoms with Gasteiger partial charge in [0.15, 0.2) is 0 Å². The molecule has 2 heterocycles. The Kier molecular flexibility index (Phi) is 4.31. The molecule has 0 aromatic carbocycles. The number of nitrogens with zero attached hydrogens (tertiary/aromatic N) is 2. The number of thiophene rings is 1. The molecule has 96 valence electrons. The first-order valence-corrected chi connectivity index (χ1v) is 7.25. The standard InChI is InChI=1S/C14H19N3S/c1-4-11-9-14(16-10(3)15-11)17-12(5-2)13-7-6-8-18-13/h6-9,12H,4-5H2,1-3H3,(H,15,16,17). The van der Waals surface area contributed by atoms with Crippen LogP contribution in [0.4, 0.5) is 5.82 Å². The molecule has 0 aliphatic rings. The van der Waals surface area contributed by atoms with Gasteiger partial charge in [-0.3, -0.25) is 0 Å². The molecule has 0 radical (unpaired) electrons. The molecular formula is C14H19N3S. The van der Waals surface area contributed by atoms with Gasteiger partial charge in [-0.15, -0.1) is 11.3 Å². The topological polar surface area (TPSA) is 37.8 Å². The molecule has 0 aliphatic carbocycles. The highest BCUT2D eigenvalue weighted by Crippen LogP contribution is 2.25. The van der Waals surface area contributed by atoms with Crippen LogP contribution in [0.2, 0.25) is 0 Å². The molecule has 0 saturated carbocycles. The van der Waals surface area contributed by atoms with E-state index in [9.17, 15) is 0 Å². The van der Waals surface area contributed by atoms with E-state index in [0.717, 1.165) is 30.2 Å². The fourth-order valence-corrected chi connectivity index (χ4v) is 2.79. The Morgan fingerprint density at radius 2 is 2.17 bits per heavy atom. The van der Waals surface area contributed by atoms with Gasteiger partial charge in [-0.2, -0.15) is 0 Å². The molecule has 0 saturated heterocycles. The maximum Gasteiger partial charge on any atom is 0.130 e. The quantitative estimate of drug-likeness (QED) is 0.885. The SMILES string of the molecule is CCc1cc(NC(CC)c2cccs2)nc(C)n1. The van der Waals surface area contributed by atoms with Gasteiger partial charge < -0.3 is 5.32 Å². The van der Waals surface area contributed by atoms with E-state index in [1.807, 2.05) is 13.0 Å². The third-order valence-electron chi connectivity index (χ3n) is 2.87. The van der Waals surface area contributed by atoms with Crippen LogP contribution in [0.15, 0.2) is 23.6 Å². The smallest absolute Gasteiger partial charge is 0.130 e. The minimum atomic E-state index is 0.337. The third-order valence-corrected chi connectivity index (χ3v) is 3.86. The number of nitrogens with one attached hydrogen (secondary N) is 1. The zero-order valence-electron chi connectivity index (χ0n) is 11.1. The van der Waals surface area contributed by atoms with Crippen molar-refractivity contribution in [3.63, 3.8) is 0 Å². The molecule has 2 rings (SSSR count). The summed E-state index contributed by atoms with van der Waals surface area (Å²) < 4.78 is 0. The van der Waals surface area contributed by atoms with Crippen molar-refractivity contribution >= 4 is 17.2 Å². The van der Waals surface area contributed by atoms with Gasteiger partial charge in [0.25, 0.3) is 0 Å². The van der Waals surface area contributed by atoms with E-state index in [1.165, 1.54) is 4.88 Å². The van der Waals surface area contributed by atoms with Crippen molar-refractivity contribution in [3.8, 4) is 0 Å². The summed E-state index contributed by atoms with van der Waals surface area (Å²) >= 11 is 1.78. The molecule has 3 nitrogen and oxygen atoms in total. The minimum absolute atomic E-state index is 0.337. The van der Waals surface area contributed by atoms with Crippen molar-refractivity contribution < 1.29 is 0 Å². The Balaban J connectivity index is 2.19. The van der Waals surface area contributed by atoms with Crippen LogP contribution in [0.1, 0.15) is 42.7 Å². The lowest BCUT2D eigenvalue weighted by Crippen LogP contribution is -2.10. The van der Waals surface area contributed by atoms with Crippen molar-refractivity contribution in [3.05, 3.63) is 40.0 Å². The van der Waals surface area contributed by atoms with Crippen LogP contribution >= 0.6 is 11.3 Å². The van der Waals surface area contributed by atoms with E-state index in [0.29, 0.717) is 6.04 Å². The van der Waals surface area contributed by atoms with Crippen molar-refractivity contribution in [1.29, 1.82) is 0 Å². The minimum Gasteiger partial charge on any atom is -0.362 e. The van der Waals surface area contributed by atoms with Gasteiger partial charge in [-0.25, -0.2) is 9.97 Å². The molecular weight excluding hydrogens is 242 g/mol. The number of hydrogen-bond donors (Lipinski definition) is 1. The Morgan fingerprint density at radius 3 is 2.78 bits per heavy atom. The van der Waals surface area contributed by atoms with E-state index in [1.54, 1.807) is 11.3 Å². The zero-order chi connectivity index (χ0) is 13.0. The van der Waals surface area contributed by atoms with Crippen LogP contribution < -0.4 is 5.32 Å². The summed E-state index contributed by atoms with van der Waals surface area (Å²) in [6.07, 6.45) is 1.98. The van der Waals surface area contributed by atoms with Crippen LogP contribution in [0.3, 0.4) is 0 Å². The summed E-state index contributed by atoms with van der Waals surface area (Å²) in [6, 6.07) is 6.64. The Bertz CT molecular complexity index is 494. The van der Waals surface area contributed by atoms with Crippen molar-refractivity contribution in [1.82, 2.24) is 9.97 Å². The lowest BCUT2D eigenvalue weighted by Gasteiger charge is -2.16. The molecule has 1 unspecified atom stereocenters. The maximum atomic E-state index is 4.46. The number of aromatic nitrogens is 2. The van der Waals surface area contributed by atoms with Gasteiger partial charge >= 0.3 is 0 Å². The summed E-state index contributed by atoms with van der Waals surface area (Å²) in [7, 11) is 0. The van der Waals surface area contributed by atoms with E-state index in [2.05, 4.69) is 46.6 Å². The summed E-state index contributed by atoms with van der Waals surface area (Å²) in [5, 5.41) is 5.62. The highest BCUT2D eigenvalue weighted by molar-refractivity contribution is 7.10. The molecule has 1 atom stereocenters. The van der Waals surface area contributed by atoms with Crippen molar-refractivity contribution in [2.45, 2.75) is 39.7 Å². The highest BCUT2D eigenvalue weighted by atomic mass is 32.1. The predicted octanol–water partition coefficient (Wildman–Crippen LogP) is 3.97. The Labute approximate surface area is 112 Å². The van der Waals surface area contributed by atoms with Crippen molar-refractivity contribution in [2.24, 2.45) is 0 Å². The van der Waals surface area contributed by atoms with Gasteiger partial charge in [0, 0.05) is 16.6 Å². The molecule has 0 aliphatic heterocycles. The molecule has 2 aromatic rings. The first kappa shape index (κ1) is 13.0. The fourth-order valence-electron chi connectivity index (χ4n) is 1.93. The molecule has 1 N–H and O–H groups in total. The first-order valence-electron chi connectivity index (χ1n) is 6.37. The largest absolute Gasteiger partial charge is 0.362 e. The molecule has 0 spiro atoms. The molecule has 0 fully saturated rings. The Morgan fingerprint density at radius 1 is 1.33 bits per heavy atom. The van der Waals surface area contributed by atoms with Gasteiger partial charge in [-0.05, 0) is 31.2 Å². The number of rotatable bonds is 5. The molecule has 0 amide bonds. The molecule has 0 bridgehead atoms. The van der Waals surface area contributed by atoms with Crippen LogP contribution in [-0.2, 0) is 6.42 Å². The zero-order valence-corrected chi connectivity index (χ0v) is 11.9. The first-order chi connectivity index (χ1) is 8.72. The van der Waals surface area contributed by atoms with E-state index in [4.69, 9.17) is 0 Å². The lowest BCUT2D eigenvalue weighted by molar-refractivity contribution is 0.755. The second kappa shape index (κ2) is 5.96. The normalized spacial score (nSPS) is 12.4. The highest BCUT2D eigenvalue weighted by Gasteiger charge is 2.11. The van der Waals surface area contributed by atoms with E-state index < -0.39 is 0 Å². The fraction of sp³-hybridized carbons (Fsp3) is 0.429. The summed E-state index contributed by atoms with van der Waals surface area (Å²) in [5.41, 5.74) is 1.09. The average Bonchev–Trinajstić information content (AvgIpc) is 2.89. The van der Waals surface area contributed by atoms with Crippen LogP contribution in [0.5, 0.6) is 0 Å². The molecule has 4 heteroatoms. The van der Waals surface area contributed by atoms with Gasteiger partial charge in [0.2, 0.25) is 0 Å². The lowest BCUT2D eigenvalue weighted by atomic mass is 10.2. The third kappa shape index (κ3) is 3.07. The van der Waals surface area contributed by atoms with Gasteiger partial charge in [-0.1, -0.05) is 19.9 Å². The second-order valence-electron chi connectivity index (χ2n) is 4.27. The summed E-state index contributed by atoms with van der Waals surface area (Å²) in [4.78, 5) is 10.2. The molecule has 2 aromatic heterocycles. The van der Waals surface area contributed by atoms with E-state index in [-0.39, 0.29) is 0 Å². The second-order valence-corrected chi connectivity index (χ2v) is 5.25.